The van der Waals surface area contributed by atoms with E-state index in [0.717, 1.165) is 0 Å². The van der Waals surface area contributed by atoms with Crippen molar-refractivity contribution in [3.05, 3.63) is 60.0 Å². The molecule has 0 fully saturated rings. The first-order valence-corrected chi connectivity index (χ1v) is 3.65. The van der Waals surface area contributed by atoms with Crippen molar-refractivity contribution in [2.24, 2.45) is 0 Å². The molecule has 54 valence electrons. The maximum Gasteiger partial charge on any atom is 0.00106 e. The third kappa shape index (κ3) is 1.17. The molecule has 1 aliphatic heterocycles. The van der Waals surface area contributed by atoms with E-state index in [2.05, 4.69) is 29.6 Å². The molecule has 2 aliphatic rings. The Morgan fingerprint density at radius 1 is 0.727 bits per heavy atom. The highest BCUT2D eigenvalue weighted by atomic mass is 14.8. The van der Waals surface area contributed by atoms with Gasteiger partial charge in [-0.05, 0) is 23.3 Å². The lowest BCUT2D eigenvalue weighted by Gasteiger charge is -2.02. The number of dihydropyridines is 1. The summed E-state index contributed by atoms with van der Waals surface area (Å²) < 4.78 is 0. The summed E-state index contributed by atoms with van der Waals surface area (Å²) in [6.45, 7) is 0. The summed E-state index contributed by atoms with van der Waals surface area (Å²) in [4.78, 5) is 0. The smallest absolute Gasteiger partial charge is 0.00106 e. The third-order valence-electron chi connectivity index (χ3n) is 1.71. The largest absolute Gasteiger partial charge is 0.368 e. The van der Waals surface area contributed by atoms with Crippen molar-refractivity contribution in [3.8, 4) is 0 Å². The molecule has 1 N–H and O–H groups in total. The molecule has 0 bridgehead atoms. The van der Waals surface area contributed by atoms with E-state index in [9.17, 15) is 0 Å². The highest BCUT2D eigenvalue weighted by molar-refractivity contribution is 5.51. The molecule has 0 atom stereocenters. The summed E-state index contributed by atoms with van der Waals surface area (Å²) in [5.41, 5.74) is 2.53. The number of rotatable bonds is 0. The van der Waals surface area contributed by atoms with Gasteiger partial charge in [0.2, 0.25) is 0 Å². The lowest BCUT2D eigenvalue weighted by molar-refractivity contribution is 1.16. The van der Waals surface area contributed by atoms with Gasteiger partial charge in [0.15, 0.2) is 0 Å². The molecule has 1 nitrogen and oxygen atoms in total. The van der Waals surface area contributed by atoms with Gasteiger partial charge < -0.3 is 5.32 Å². The molecule has 0 aromatic rings. The summed E-state index contributed by atoms with van der Waals surface area (Å²) in [5.74, 6) is 0. The van der Waals surface area contributed by atoms with E-state index in [1.807, 2.05) is 24.6 Å². The summed E-state index contributed by atoms with van der Waals surface area (Å²) in [6.07, 6.45) is 16.3. The van der Waals surface area contributed by atoms with Gasteiger partial charge in [0, 0.05) is 12.4 Å². The van der Waals surface area contributed by atoms with Crippen LogP contribution in [0, 0.1) is 0 Å². The Hall–Kier alpha value is -1.50. The van der Waals surface area contributed by atoms with Crippen LogP contribution in [0.15, 0.2) is 60.0 Å². The predicted octanol–water partition coefficient (Wildman–Crippen LogP) is 2.04. The molecule has 2 rings (SSSR count). The first-order chi connectivity index (χ1) is 5.47. The molecule has 1 heteroatoms. The maximum absolute atomic E-state index is 2.99. The van der Waals surface area contributed by atoms with Crippen LogP contribution in [0.5, 0.6) is 0 Å². The van der Waals surface area contributed by atoms with Gasteiger partial charge in [-0.15, -0.1) is 0 Å². The van der Waals surface area contributed by atoms with Gasteiger partial charge in [-0.25, -0.2) is 0 Å². The van der Waals surface area contributed by atoms with Crippen molar-refractivity contribution in [3.63, 3.8) is 0 Å². The SMILES string of the molecule is C1=CC(=C2C=CNC=C2)C=C1. The van der Waals surface area contributed by atoms with Crippen LogP contribution in [0.1, 0.15) is 0 Å². The summed E-state index contributed by atoms with van der Waals surface area (Å²) in [5, 5.41) is 2.99. The average molecular weight is 143 g/mol. The molecular formula is C10H9N. The van der Waals surface area contributed by atoms with Crippen molar-refractivity contribution in [2.45, 2.75) is 0 Å². The van der Waals surface area contributed by atoms with E-state index in [1.165, 1.54) is 11.1 Å². The maximum atomic E-state index is 2.99. The summed E-state index contributed by atoms with van der Waals surface area (Å²) >= 11 is 0. The van der Waals surface area contributed by atoms with E-state index < -0.39 is 0 Å². The molecule has 11 heavy (non-hydrogen) atoms. The van der Waals surface area contributed by atoms with E-state index in [-0.39, 0.29) is 0 Å². The Bertz CT molecular complexity index is 273. The van der Waals surface area contributed by atoms with Gasteiger partial charge in [0.05, 0.1) is 0 Å². The fraction of sp³-hybridized carbons (Fsp3) is 0. The zero-order valence-corrected chi connectivity index (χ0v) is 6.12. The standard InChI is InChI=1S/C10H9N/c1-2-4-9(3-1)10-5-7-11-8-6-10/h1-8,11H. The molecule has 0 aromatic carbocycles. The van der Waals surface area contributed by atoms with Gasteiger partial charge in [-0.1, -0.05) is 24.3 Å². The van der Waals surface area contributed by atoms with Crippen molar-refractivity contribution in [1.82, 2.24) is 5.32 Å². The number of hydrogen-bond acceptors (Lipinski definition) is 1. The molecule has 0 saturated carbocycles. The highest BCUT2D eigenvalue weighted by Gasteiger charge is 1.98. The molecule has 0 aromatic heterocycles. The molecule has 0 radical (unpaired) electrons. The van der Waals surface area contributed by atoms with Crippen LogP contribution in [-0.4, -0.2) is 0 Å². The molecule has 0 saturated heterocycles. The van der Waals surface area contributed by atoms with Crippen LogP contribution < -0.4 is 5.32 Å². The normalized spacial score (nSPS) is 19.6. The lowest BCUT2D eigenvalue weighted by Crippen LogP contribution is -1.97. The second kappa shape index (κ2) is 2.62. The highest BCUT2D eigenvalue weighted by Crippen LogP contribution is 2.16. The van der Waals surface area contributed by atoms with E-state index in [1.54, 1.807) is 0 Å². The van der Waals surface area contributed by atoms with Crippen molar-refractivity contribution < 1.29 is 0 Å². The first-order valence-electron chi connectivity index (χ1n) is 3.65. The first kappa shape index (κ1) is 6.23. The molecule has 1 heterocycles. The summed E-state index contributed by atoms with van der Waals surface area (Å²) in [6, 6.07) is 0. The van der Waals surface area contributed by atoms with Gasteiger partial charge >= 0.3 is 0 Å². The Morgan fingerprint density at radius 3 is 1.91 bits per heavy atom. The predicted molar refractivity (Wildman–Crippen MR) is 46.7 cm³/mol. The summed E-state index contributed by atoms with van der Waals surface area (Å²) in [7, 11) is 0. The monoisotopic (exact) mass is 143 g/mol. The Labute approximate surface area is 66.1 Å². The van der Waals surface area contributed by atoms with Crippen molar-refractivity contribution in [1.29, 1.82) is 0 Å². The fourth-order valence-electron chi connectivity index (χ4n) is 1.15. The lowest BCUT2D eigenvalue weighted by atomic mass is 10.1. The zero-order valence-electron chi connectivity index (χ0n) is 6.12. The Morgan fingerprint density at radius 2 is 1.27 bits per heavy atom. The van der Waals surface area contributed by atoms with Crippen LogP contribution >= 0.6 is 0 Å². The van der Waals surface area contributed by atoms with Gasteiger partial charge in [0.1, 0.15) is 0 Å². The van der Waals surface area contributed by atoms with E-state index in [0.29, 0.717) is 0 Å². The molecule has 0 unspecified atom stereocenters. The quantitative estimate of drug-likeness (QED) is 0.547. The van der Waals surface area contributed by atoms with E-state index >= 15 is 0 Å². The van der Waals surface area contributed by atoms with Crippen LogP contribution in [0.4, 0.5) is 0 Å². The molecule has 1 aliphatic carbocycles. The minimum absolute atomic E-state index is 1.26. The average Bonchev–Trinajstić information content (AvgIpc) is 2.58. The van der Waals surface area contributed by atoms with Crippen LogP contribution in [0.3, 0.4) is 0 Å². The van der Waals surface area contributed by atoms with Crippen LogP contribution in [0.2, 0.25) is 0 Å². The number of nitrogens with one attached hydrogen (secondary N) is 1. The number of hydrogen-bond donors (Lipinski definition) is 1. The van der Waals surface area contributed by atoms with Crippen LogP contribution in [0.25, 0.3) is 0 Å². The fourth-order valence-corrected chi connectivity index (χ4v) is 1.15. The Balaban J connectivity index is 2.38. The van der Waals surface area contributed by atoms with Crippen molar-refractivity contribution in [2.75, 3.05) is 0 Å². The minimum Gasteiger partial charge on any atom is -0.368 e. The second-order valence-electron chi connectivity index (χ2n) is 2.46. The topological polar surface area (TPSA) is 12.0 Å². The van der Waals surface area contributed by atoms with Gasteiger partial charge in [-0.3, -0.25) is 0 Å². The number of allylic oxidation sites excluding steroid dienone is 8. The van der Waals surface area contributed by atoms with Gasteiger partial charge in [0.25, 0.3) is 0 Å². The Kier molecular flexibility index (Phi) is 1.48. The zero-order chi connectivity index (χ0) is 7.52. The molecule has 0 amide bonds. The van der Waals surface area contributed by atoms with Crippen molar-refractivity contribution >= 4 is 0 Å². The van der Waals surface area contributed by atoms with Crippen LogP contribution in [-0.2, 0) is 0 Å². The van der Waals surface area contributed by atoms with Gasteiger partial charge in [-0.2, -0.15) is 0 Å². The molecule has 0 spiro atoms. The minimum atomic E-state index is 1.26. The second-order valence-corrected chi connectivity index (χ2v) is 2.46. The molecular weight excluding hydrogens is 134 g/mol. The van der Waals surface area contributed by atoms with E-state index in [4.69, 9.17) is 0 Å². The third-order valence-corrected chi connectivity index (χ3v) is 1.71.